The predicted molar refractivity (Wildman–Crippen MR) is 64.2 cm³/mol. The van der Waals surface area contributed by atoms with Gasteiger partial charge in [-0.25, -0.2) is 14.3 Å². The Labute approximate surface area is 108 Å². The lowest BCUT2D eigenvalue weighted by Gasteiger charge is -2.09. The Morgan fingerprint density at radius 3 is 3.00 bits per heavy atom. The quantitative estimate of drug-likeness (QED) is 0.881. The van der Waals surface area contributed by atoms with Crippen LogP contribution in [-0.2, 0) is 19.5 Å². The molecular weight excluding hydrogens is 250 g/mol. The maximum Gasteiger partial charge on any atom is 0.346 e. The first-order valence-electron chi connectivity index (χ1n) is 6.12. The molecule has 0 bridgehead atoms. The van der Waals surface area contributed by atoms with Crippen molar-refractivity contribution >= 4 is 5.97 Å². The first kappa shape index (κ1) is 11.8. The average molecular weight is 263 g/mol. The molecule has 7 heteroatoms. The second kappa shape index (κ2) is 4.42. The van der Waals surface area contributed by atoms with Crippen LogP contribution in [0.15, 0.2) is 21.5 Å². The van der Waals surface area contributed by atoms with Gasteiger partial charge in [-0.05, 0) is 18.9 Å². The number of carboxylic acids is 1. The van der Waals surface area contributed by atoms with Crippen molar-refractivity contribution < 1.29 is 14.3 Å². The fraction of sp³-hybridized carbons (Fsp3) is 0.417. The number of carboxylic acid groups (broad SMARTS) is 1. The highest BCUT2D eigenvalue weighted by atomic mass is 16.4. The third-order valence-corrected chi connectivity index (χ3v) is 3.24. The van der Waals surface area contributed by atoms with E-state index >= 15 is 0 Å². The van der Waals surface area contributed by atoms with Crippen molar-refractivity contribution in [1.29, 1.82) is 0 Å². The van der Waals surface area contributed by atoms with E-state index in [0.29, 0.717) is 12.3 Å². The molecule has 2 aromatic rings. The Kier molecular flexibility index (Phi) is 2.73. The van der Waals surface area contributed by atoms with E-state index in [1.807, 2.05) is 0 Å². The normalized spacial score (nSPS) is 14.3. The first-order valence-corrected chi connectivity index (χ1v) is 6.12. The summed E-state index contributed by atoms with van der Waals surface area (Å²) in [7, 11) is 0. The summed E-state index contributed by atoms with van der Waals surface area (Å²) in [6.07, 6.45) is 4.00. The molecule has 19 heavy (non-hydrogen) atoms. The molecular formula is C12H13N3O4. The summed E-state index contributed by atoms with van der Waals surface area (Å²) < 4.78 is 8.12. The van der Waals surface area contributed by atoms with Gasteiger partial charge in [0.25, 0.3) is 0 Å². The molecule has 0 aliphatic carbocycles. The van der Waals surface area contributed by atoms with Crippen LogP contribution >= 0.6 is 0 Å². The van der Waals surface area contributed by atoms with Gasteiger partial charge in [-0.3, -0.25) is 4.57 Å². The molecule has 3 rings (SSSR count). The lowest BCUT2D eigenvalue weighted by Crippen LogP contribution is -2.27. The molecule has 0 amide bonds. The Morgan fingerprint density at radius 2 is 2.32 bits per heavy atom. The van der Waals surface area contributed by atoms with E-state index in [0.717, 1.165) is 25.1 Å². The molecule has 1 aliphatic heterocycles. The zero-order valence-corrected chi connectivity index (χ0v) is 10.2. The second-order valence-electron chi connectivity index (χ2n) is 4.57. The van der Waals surface area contributed by atoms with Crippen LogP contribution in [0.2, 0.25) is 0 Å². The topological polar surface area (TPSA) is 90.3 Å². The van der Waals surface area contributed by atoms with E-state index in [1.54, 1.807) is 4.57 Å². The Morgan fingerprint density at radius 1 is 1.47 bits per heavy atom. The van der Waals surface area contributed by atoms with E-state index in [9.17, 15) is 9.59 Å². The van der Waals surface area contributed by atoms with Gasteiger partial charge in [-0.2, -0.15) is 5.10 Å². The lowest BCUT2D eigenvalue weighted by atomic mass is 10.2. The van der Waals surface area contributed by atoms with Crippen LogP contribution in [-0.4, -0.2) is 25.4 Å². The van der Waals surface area contributed by atoms with E-state index in [-0.39, 0.29) is 17.8 Å². The summed E-state index contributed by atoms with van der Waals surface area (Å²) in [6.45, 7) is 0.860. The SMILES string of the molecule is O=C(O)c1coc(Cn2nc3n(c2=O)CCCC3)c1. The minimum absolute atomic E-state index is 0.0759. The van der Waals surface area contributed by atoms with Crippen LogP contribution in [0.1, 0.15) is 34.8 Å². The molecule has 100 valence electrons. The van der Waals surface area contributed by atoms with Crippen molar-refractivity contribution in [2.45, 2.75) is 32.4 Å². The minimum atomic E-state index is -1.05. The maximum atomic E-state index is 12.1. The molecule has 0 saturated carbocycles. The number of aromatic carboxylic acids is 1. The van der Waals surface area contributed by atoms with Crippen LogP contribution in [0.5, 0.6) is 0 Å². The number of rotatable bonds is 3. The third-order valence-electron chi connectivity index (χ3n) is 3.24. The van der Waals surface area contributed by atoms with Crippen molar-refractivity contribution in [3.63, 3.8) is 0 Å². The van der Waals surface area contributed by atoms with Crippen LogP contribution in [0, 0.1) is 0 Å². The van der Waals surface area contributed by atoms with Gasteiger partial charge in [0.05, 0.1) is 5.56 Å². The molecule has 0 spiro atoms. The highest BCUT2D eigenvalue weighted by molar-refractivity contribution is 5.87. The molecule has 2 aromatic heterocycles. The highest BCUT2D eigenvalue weighted by Crippen LogP contribution is 2.11. The maximum absolute atomic E-state index is 12.1. The molecule has 1 N–H and O–H groups in total. The van der Waals surface area contributed by atoms with Gasteiger partial charge in [0.1, 0.15) is 24.4 Å². The molecule has 0 unspecified atom stereocenters. The molecule has 0 fully saturated rings. The van der Waals surface area contributed by atoms with Crippen molar-refractivity contribution in [3.8, 4) is 0 Å². The zero-order valence-electron chi connectivity index (χ0n) is 10.2. The summed E-state index contributed by atoms with van der Waals surface area (Å²) >= 11 is 0. The van der Waals surface area contributed by atoms with Crippen LogP contribution in [0.25, 0.3) is 0 Å². The summed E-state index contributed by atoms with van der Waals surface area (Å²) in [5, 5.41) is 13.1. The van der Waals surface area contributed by atoms with Crippen molar-refractivity contribution in [1.82, 2.24) is 14.3 Å². The van der Waals surface area contributed by atoms with Crippen molar-refractivity contribution in [3.05, 3.63) is 40.0 Å². The summed E-state index contributed by atoms with van der Waals surface area (Å²) in [4.78, 5) is 22.8. The minimum Gasteiger partial charge on any atom is -0.478 e. The molecule has 0 atom stereocenters. The molecule has 0 radical (unpaired) electrons. The third kappa shape index (κ3) is 2.07. The summed E-state index contributed by atoms with van der Waals surface area (Å²) in [5.41, 5.74) is -0.0880. The Balaban J connectivity index is 1.88. The van der Waals surface area contributed by atoms with E-state index in [1.165, 1.54) is 17.0 Å². The number of hydrogen-bond donors (Lipinski definition) is 1. The summed E-state index contributed by atoms with van der Waals surface area (Å²) in [5.74, 6) is 0.155. The average Bonchev–Trinajstić information content (AvgIpc) is 2.97. The van der Waals surface area contributed by atoms with Gasteiger partial charge in [0.15, 0.2) is 0 Å². The highest BCUT2D eigenvalue weighted by Gasteiger charge is 2.17. The summed E-state index contributed by atoms with van der Waals surface area (Å²) in [6, 6.07) is 1.41. The fourth-order valence-corrected chi connectivity index (χ4v) is 2.27. The fourth-order valence-electron chi connectivity index (χ4n) is 2.27. The number of hydrogen-bond acceptors (Lipinski definition) is 4. The molecule has 0 aromatic carbocycles. The monoisotopic (exact) mass is 263 g/mol. The zero-order chi connectivity index (χ0) is 13.4. The van der Waals surface area contributed by atoms with E-state index < -0.39 is 5.97 Å². The molecule has 1 aliphatic rings. The van der Waals surface area contributed by atoms with Gasteiger partial charge in [-0.1, -0.05) is 0 Å². The standard InChI is InChI=1S/C12H13N3O4/c16-11(17)8-5-9(19-7-8)6-15-12(18)14-4-2-1-3-10(14)13-15/h5,7H,1-4,6H2,(H,16,17). The lowest BCUT2D eigenvalue weighted by molar-refractivity contribution is 0.0696. The predicted octanol–water partition coefficient (Wildman–Crippen LogP) is 0.721. The van der Waals surface area contributed by atoms with Crippen LogP contribution in [0.4, 0.5) is 0 Å². The molecule has 0 saturated heterocycles. The smallest absolute Gasteiger partial charge is 0.346 e. The van der Waals surface area contributed by atoms with Gasteiger partial charge in [0.2, 0.25) is 0 Å². The number of aryl methyl sites for hydroxylation is 1. The number of furan rings is 1. The molecule has 3 heterocycles. The van der Waals surface area contributed by atoms with Crippen LogP contribution in [0.3, 0.4) is 0 Å². The van der Waals surface area contributed by atoms with Gasteiger partial charge in [0, 0.05) is 13.0 Å². The van der Waals surface area contributed by atoms with Gasteiger partial charge >= 0.3 is 11.7 Å². The van der Waals surface area contributed by atoms with Crippen molar-refractivity contribution in [2.75, 3.05) is 0 Å². The number of carbonyl (C=O) groups is 1. The number of fused-ring (bicyclic) bond motifs is 1. The molecule has 7 nitrogen and oxygen atoms in total. The van der Waals surface area contributed by atoms with Crippen molar-refractivity contribution in [2.24, 2.45) is 0 Å². The number of nitrogens with zero attached hydrogens (tertiary/aromatic N) is 3. The first-order chi connectivity index (χ1) is 9.15. The van der Waals surface area contributed by atoms with Gasteiger partial charge < -0.3 is 9.52 Å². The second-order valence-corrected chi connectivity index (χ2v) is 4.57. The number of aromatic nitrogens is 3. The van der Waals surface area contributed by atoms with Crippen LogP contribution < -0.4 is 5.69 Å². The van der Waals surface area contributed by atoms with E-state index in [4.69, 9.17) is 9.52 Å². The largest absolute Gasteiger partial charge is 0.478 e. The Hall–Kier alpha value is -2.31. The Bertz CT molecular complexity index is 679. The van der Waals surface area contributed by atoms with Gasteiger partial charge in [-0.15, -0.1) is 0 Å². The van der Waals surface area contributed by atoms with E-state index in [2.05, 4.69) is 5.10 Å².